The molecular weight excluding hydrogens is 544 g/mol. The van der Waals surface area contributed by atoms with Gasteiger partial charge in [0.2, 0.25) is 5.91 Å². The number of hydrogen-bond acceptors (Lipinski definition) is 8. The Labute approximate surface area is 250 Å². The highest BCUT2D eigenvalue weighted by atomic mass is 16.6. The average Bonchev–Trinajstić information content (AvgIpc) is 2.93. The minimum Gasteiger partial charge on any atom is -0.479 e. The van der Waals surface area contributed by atoms with Crippen LogP contribution in [-0.4, -0.2) is 71.6 Å². The number of aliphatic hydroxyl groups is 1. The van der Waals surface area contributed by atoms with Crippen LogP contribution in [0.1, 0.15) is 117 Å². The van der Waals surface area contributed by atoms with Gasteiger partial charge in [-0.1, -0.05) is 84.0 Å². The number of guanidine groups is 1. The average molecular weight is 599 g/mol. The molecule has 0 fully saturated rings. The van der Waals surface area contributed by atoms with E-state index in [-0.39, 0.29) is 36.8 Å². The Morgan fingerprint density at radius 2 is 1.52 bits per heavy atom. The zero-order valence-corrected chi connectivity index (χ0v) is 25.8. The Kier molecular flexibility index (Phi) is 19.5. The molecule has 242 valence electrons. The number of unbranched alkanes of at least 4 members (excludes halogenated alkanes) is 12. The molecule has 0 radical (unpaired) electrons. The molecule has 4 atom stereocenters. The number of esters is 1. The van der Waals surface area contributed by atoms with Crippen LogP contribution in [0.5, 0.6) is 0 Å². The highest BCUT2D eigenvalue weighted by Gasteiger charge is 2.42. The minimum atomic E-state index is -1.39. The molecule has 1 amide bonds. The number of carboxylic acid groups (broad SMARTS) is 1. The smallest absolute Gasteiger partial charge is 0.333 e. The molecule has 1 rings (SSSR count). The van der Waals surface area contributed by atoms with Gasteiger partial charge in [0, 0.05) is 26.4 Å². The lowest BCUT2D eigenvalue weighted by Gasteiger charge is -2.37. The molecular formula is C30H54N4O8. The summed E-state index contributed by atoms with van der Waals surface area (Å²) in [6.45, 7) is 4.89. The number of aliphatic hydroxyl groups excluding tert-OH is 1. The number of nitrogens with two attached hydrogens (primary N) is 2. The van der Waals surface area contributed by atoms with Crippen molar-refractivity contribution in [3.8, 4) is 0 Å². The third-order valence-electron chi connectivity index (χ3n) is 7.07. The molecule has 42 heavy (non-hydrogen) atoms. The van der Waals surface area contributed by atoms with E-state index in [1.807, 2.05) is 0 Å². The van der Waals surface area contributed by atoms with Gasteiger partial charge in [0.1, 0.15) is 24.9 Å². The number of carbonyl (C=O) groups is 3. The number of nitrogens with one attached hydrogen (secondary N) is 1. The van der Waals surface area contributed by atoms with Crippen molar-refractivity contribution >= 4 is 23.8 Å². The van der Waals surface area contributed by atoms with Crippen LogP contribution in [0.4, 0.5) is 0 Å². The Morgan fingerprint density at radius 1 is 0.976 bits per heavy atom. The summed E-state index contributed by atoms with van der Waals surface area (Å²) in [7, 11) is 0. The van der Waals surface area contributed by atoms with E-state index in [1.165, 1.54) is 64.7 Å². The first-order valence-corrected chi connectivity index (χ1v) is 15.5. The van der Waals surface area contributed by atoms with Crippen molar-refractivity contribution in [1.29, 1.82) is 0 Å². The molecule has 0 aromatic rings. The summed E-state index contributed by atoms with van der Waals surface area (Å²) in [6.07, 6.45) is 10.4. The zero-order valence-electron chi connectivity index (χ0n) is 25.8. The number of aliphatic imine (C=N–C) groups is 1. The van der Waals surface area contributed by atoms with Crippen molar-refractivity contribution in [1.82, 2.24) is 5.32 Å². The third-order valence-corrected chi connectivity index (χ3v) is 7.07. The van der Waals surface area contributed by atoms with Crippen molar-refractivity contribution < 1.29 is 38.8 Å². The van der Waals surface area contributed by atoms with Gasteiger partial charge in [-0.25, -0.2) is 9.79 Å². The van der Waals surface area contributed by atoms with E-state index < -0.39 is 48.9 Å². The summed E-state index contributed by atoms with van der Waals surface area (Å²) in [5.74, 6) is -2.55. The maximum Gasteiger partial charge on any atom is 0.333 e. The summed E-state index contributed by atoms with van der Waals surface area (Å²) < 4.78 is 16.7. The summed E-state index contributed by atoms with van der Waals surface area (Å²) in [6, 6.07) is 0. The molecule has 0 aromatic heterocycles. The van der Waals surface area contributed by atoms with Crippen LogP contribution in [-0.2, 0) is 28.6 Å². The van der Waals surface area contributed by atoms with Crippen molar-refractivity contribution in [2.45, 2.75) is 141 Å². The lowest BCUT2D eigenvalue weighted by Crippen LogP contribution is -2.52. The van der Waals surface area contributed by atoms with Crippen LogP contribution in [0.15, 0.2) is 16.4 Å². The van der Waals surface area contributed by atoms with E-state index in [4.69, 9.17) is 25.7 Å². The normalized spacial score (nSPS) is 18.3. The Hall–Kier alpha value is -2.70. The summed E-state index contributed by atoms with van der Waals surface area (Å²) in [4.78, 5) is 40.0. The SMILES string of the molecule is CCCCCCCCCCCCCCCC(=O)OC[C@H](O)C(OCC)C1OC(C(=O)O)CC(N=C(N)N)=C1NC(C)=O. The van der Waals surface area contributed by atoms with Crippen LogP contribution in [0.2, 0.25) is 0 Å². The fourth-order valence-electron chi connectivity index (χ4n) is 4.95. The predicted molar refractivity (Wildman–Crippen MR) is 160 cm³/mol. The molecule has 0 aliphatic carbocycles. The van der Waals surface area contributed by atoms with Crippen molar-refractivity contribution in [3.63, 3.8) is 0 Å². The molecule has 12 heteroatoms. The van der Waals surface area contributed by atoms with Gasteiger partial charge in [-0.3, -0.25) is 9.59 Å². The summed E-state index contributed by atoms with van der Waals surface area (Å²) in [5, 5.41) is 23.1. The lowest BCUT2D eigenvalue weighted by atomic mass is 9.97. The van der Waals surface area contributed by atoms with Crippen LogP contribution < -0.4 is 16.8 Å². The molecule has 0 saturated heterocycles. The molecule has 0 saturated carbocycles. The molecule has 1 aliphatic heterocycles. The number of rotatable bonds is 23. The second kappa shape index (κ2) is 21.9. The summed E-state index contributed by atoms with van der Waals surface area (Å²) in [5.41, 5.74) is 11.2. The maximum atomic E-state index is 12.3. The van der Waals surface area contributed by atoms with E-state index >= 15 is 0 Å². The minimum absolute atomic E-state index is 0.0733. The second-order valence-corrected chi connectivity index (χ2v) is 10.8. The predicted octanol–water partition coefficient (Wildman–Crippen LogP) is 3.64. The van der Waals surface area contributed by atoms with Crippen LogP contribution >= 0.6 is 0 Å². The van der Waals surface area contributed by atoms with Gasteiger partial charge in [-0.15, -0.1) is 0 Å². The first kappa shape index (κ1) is 37.3. The number of nitrogens with zero attached hydrogens (tertiary/aromatic N) is 1. The van der Waals surface area contributed by atoms with Gasteiger partial charge in [0.25, 0.3) is 0 Å². The van der Waals surface area contributed by atoms with Crippen molar-refractivity contribution in [2.24, 2.45) is 16.5 Å². The van der Waals surface area contributed by atoms with E-state index in [0.29, 0.717) is 6.42 Å². The molecule has 0 aromatic carbocycles. The Balaban J connectivity index is 2.57. The molecule has 1 aliphatic rings. The van der Waals surface area contributed by atoms with Crippen molar-refractivity contribution in [3.05, 3.63) is 11.4 Å². The highest BCUT2D eigenvalue weighted by Crippen LogP contribution is 2.30. The Bertz CT molecular complexity index is 875. The number of amides is 1. The van der Waals surface area contributed by atoms with Crippen LogP contribution in [0.25, 0.3) is 0 Å². The quantitative estimate of drug-likeness (QED) is 0.0501. The number of ether oxygens (including phenoxy) is 3. The fourth-order valence-corrected chi connectivity index (χ4v) is 4.95. The highest BCUT2D eigenvalue weighted by molar-refractivity contribution is 5.79. The number of carbonyl (C=O) groups excluding carboxylic acids is 2. The van der Waals surface area contributed by atoms with Gasteiger partial charge in [-0.2, -0.15) is 0 Å². The third kappa shape index (κ3) is 15.5. The Morgan fingerprint density at radius 3 is 2.00 bits per heavy atom. The van der Waals surface area contributed by atoms with Gasteiger partial charge >= 0.3 is 11.9 Å². The fraction of sp³-hybridized carbons (Fsp3) is 0.800. The van der Waals surface area contributed by atoms with Crippen LogP contribution in [0.3, 0.4) is 0 Å². The van der Waals surface area contributed by atoms with E-state index in [0.717, 1.165) is 19.3 Å². The standard InChI is InChI=1S/C30H54N4O8/c1-4-6-7-8-9-10-11-12-13-14-15-16-17-18-25(37)41-20-23(36)27(40-5-2)28-26(33-21(3)35)22(34-30(31)32)19-24(42-28)29(38)39/h23-24,27-28,36H,4-20H2,1-3H3,(H,33,35)(H,38,39)(H4,31,32,34)/t23-,24?,27?,28?/m0/s1. The van der Waals surface area contributed by atoms with Gasteiger partial charge in [0.15, 0.2) is 12.1 Å². The molecule has 3 unspecified atom stereocenters. The number of carboxylic acids is 1. The second-order valence-electron chi connectivity index (χ2n) is 10.8. The van der Waals surface area contributed by atoms with Crippen molar-refractivity contribution in [2.75, 3.05) is 13.2 Å². The van der Waals surface area contributed by atoms with Crippen LogP contribution in [0, 0.1) is 0 Å². The van der Waals surface area contributed by atoms with E-state index in [9.17, 15) is 24.6 Å². The van der Waals surface area contributed by atoms with Gasteiger partial charge < -0.3 is 41.2 Å². The molecule has 7 N–H and O–H groups in total. The van der Waals surface area contributed by atoms with Gasteiger partial charge in [0.05, 0.1) is 11.4 Å². The van der Waals surface area contributed by atoms with Gasteiger partial charge in [-0.05, 0) is 13.3 Å². The zero-order chi connectivity index (χ0) is 31.3. The number of aliphatic carboxylic acids is 1. The molecule has 1 heterocycles. The topological polar surface area (TPSA) is 196 Å². The monoisotopic (exact) mass is 598 g/mol. The molecule has 0 spiro atoms. The maximum absolute atomic E-state index is 12.3. The summed E-state index contributed by atoms with van der Waals surface area (Å²) >= 11 is 0. The molecule has 0 bridgehead atoms. The molecule has 12 nitrogen and oxygen atoms in total. The lowest BCUT2D eigenvalue weighted by molar-refractivity contribution is -0.173. The first-order valence-electron chi connectivity index (χ1n) is 15.5. The largest absolute Gasteiger partial charge is 0.479 e. The van der Waals surface area contributed by atoms with E-state index in [1.54, 1.807) is 6.92 Å². The first-order chi connectivity index (χ1) is 20.1. The number of hydrogen-bond donors (Lipinski definition) is 5. The van der Waals surface area contributed by atoms with E-state index in [2.05, 4.69) is 17.2 Å².